The quantitative estimate of drug-likeness (QED) is 0.901. The van der Waals surface area contributed by atoms with Crippen LogP contribution in [0.1, 0.15) is 33.4 Å². The molecule has 0 radical (unpaired) electrons. The highest BCUT2D eigenvalue weighted by atomic mass is 16.5. The molecule has 3 rings (SSSR count). The summed E-state index contributed by atoms with van der Waals surface area (Å²) < 4.78 is 5.47. The molecule has 0 bridgehead atoms. The summed E-state index contributed by atoms with van der Waals surface area (Å²) in [5, 5.41) is 11.7. The van der Waals surface area contributed by atoms with Crippen molar-refractivity contribution in [2.24, 2.45) is 0 Å². The zero-order valence-corrected chi connectivity index (χ0v) is 11.3. The lowest BCUT2D eigenvalue weighted by Gasteiger charge is -2.11. The number of hydrogen-bond acceptors (Lipinski definition) is 5. The standard InChI is InChI=1S/C15H12N4O2/c1-9-4-11(2-3-17-9)15(20)19-12-8-21-13-5-10(6-16)7-18-14(12)13/h2-5,7,12H,8H2,1H3,(H,19,20). The van der Waals surface area contributed by atoms with Gasteiger partial charge in [0.1, 0.15) is 30.2 Å². The number of rotatable bonds is 2. The topological polar surface area (TPSA) is 87.9 Å². The van der Waals surface area contributed by atoms with Crippen LogP contribution >= 0.6 is 0 Å². The Balaban J connectivity index is 1.79. The average Bonchev–Trinajstić information content (AvgIpc) is 2.89. The van der Waals surface area contributed by atoms with E-state index in [2.05, 4.69) is 15.3 Å². The fourth-order valence-electron chi connectivity index (χ4n) is 2.18. The number of fused-ring (bicyclic) bond motifs is 1. The van der Waals surface area contributed by atoms with Crippen molar-refractivity contribution in [3.63, 3.8) is 0 Å². The zero-order chi connectivity index (χ0) is 14.8. The number of hydrogen-bond donors (Lipinski definition) is 1. The molecule has 2 aromatic rings. The summed E-state index contributed by atoms with van der Waals surface area (Å²) in [7, 11) is 0. The molecule has 1 atom stereocenters. The molecule has 1 amide bonds. The Morgan fingerprint density at radius 3 is 3.10 bits per heavy atom. The molecule has 0 spiro atoms. The van der Waals surface area contributed by atoms with Crippen molar-refractivity contribution in [2.45, 2.75) is 13.0 Å². The molecule has 1 N–H and O–H groups in total. The van der Waals surface area contributed by atoms with Crippen LogP contribution in [-0.2, 0) is 0 Å². The van der Waals surface area contributed by atoms with Crippen LogP contribution in [0, 0.1) is 18.3 Å². The Morgan fingerprint density at radius 1 is 1.48 bits per heavy atom. The lowest BCUT2D eigenvalue weighted by Crippen LogP contribution is -2.29. The van der Waals surface area contributed by atoms with Crippen molar-refractivity contribution in [1.82, 2.24) is 15.3 Å². The van der Waals surface area contributed by atoms with E-state index in [-0.39, 0.29) is 11.9 Å². The molecule has 0 saturated heterocycles. The molecule has 104 valence electrons. The van der Waals surface area contributed by atoms with Crippen molar-refractivity contribution >= 4 is 5.91 Å². The van der Waals surface area contributed by atoms with Crippen molar-refractivity contribution in [1.29, 1.82) is 5.26 Å². The number of carbonyl (C=O) groups excluding carboxylic acids is 1. The minimum atomic E-state index is -0.311. The van der Waals surface area contributed by atoms with Gasteiger partial charge in [0.2, 0.25) is 0 Å². The first kappa shape index (κ1) is 13.1. The third-order valence-corrected chi connectivity index (χ3v) is 3.21. The predicted molar refractivity (Wildman–Crippen MR) is 73.6 cm³/mol. The number of pyridine rings is 2. The van der Waals surface area contributed by atoms with Gasteiger partial charge in [-0.15, -0.1) is 0 Å². The van der Waals surface area contributed by atoms with Crippen LogP contribution < -0.4 is 10.1 Å². The maximum atomic E-state index is 12.2. The van der Waals surface area contributed by atoms with Crippen molar-refractivity contribution < 1.29 is 9.53 Å². The van der Waals surface area contributed by atoms with E-state index < -0.39 is 0 Å². The number of amides is 1. The highest BCUT2D eigenvalue weighted by Crippen LogP contribution is 2.31. The Morgan fingerprint density at radius 2 is 2.33 bits per heavy atom. The van der Waals surface area contributed by atoms with Crippen molar-refractivity contribution in [2.75, 3.05) is 6.61 Å². The van der Waals surface area contributed by atoms with Gasteiger partial charge < -0.3 is 10.1 Å². The van der Waals surface area contributed by atoms with Gasteiger partial charge in [0.25, 0.3) is 5.91 Å². The van der Waals surface area contributed by atoms with Gasteiger partial charge in [-0.3, -0.25) is 14.8 Å². The van der Waals surface area contributed by atoms with Crippen LogP contribution in [0.4, 0.5) is 0 Å². The normalized spacial score (nSPS) is 15.7. The van der Waals surface area contributed by atoms with Crippen LogP contribution in [0.5, 0.6) is 5.75 Å². The van der Waals surface area contributed by atoms with E-state index in [0.29, 0.717) is 29.2 Å². The van der Waals surface area contributed by atoms with E-state index in [4.69, 9.17) is 10.00 Å². The first-order valence-electron chi connectivity index (χ1n) is 6.44. The van der Waals surface area contributed by atoms with Crippen LogP contribution in [0.15, 0.2) is 30.6 Å². The molecule has 0 aromatic carbocycles. The van der Waals surface area contributed by atoms with Gasteiger partial charge in [0.15, 0.2) is 0 Å². The van der Waals surface area contributed by atoms with Gasteiger partial charge in [-0.05, 0) is 19.1 Å². The lowest BCUT2D eigenvalue weighted by atomic mass is 10.1. The molecule has 0 aliphatic carbocycles. The smallest absolute Gasteiger partial charge is 0.252 e. The molecule has 6 nitrogen and oxygen atoms in total. The second kappa shape index (κ2) is 5.21. The third kappa shape index (κ3) is 2.54. The highest BCUT2D eigenvalue weighted by molar-refractivity contribution is 5.94. The Labute approximate surface area is 121 Å². The number of nitrogens with zero attached hydrogens (tertiary/aromatic N) is 3. The van der Waals surface area contributed by atoms with E-state index >= 15 is 0 Å². The molecule has 1 aliphatic rings. The highest BCUT2D eigenvalue weighted by Gasteiger charge is 2.27. The zero-order valence-electron chi connectivity index (χ0n) is 11.3. The maximum Gasteiger partial charge on any atom is 0.252 e. The Bertz CT molecular complexity index is 752. The summed E-state index contributed by atoms with van der Waals surface area (Å²) in [6, 6.07) is 6.70. The van der Waals surface area contributed by atoms with Gasteiger partial charge in [0.05, 0.1) is 5.56 Å². The van der Waals surface area contributed by atoms with Gasteiger partial charge >= 0.3 is 0 Å². The minimum absolute atomic E-state index is 0.201. The first-order chi connectivity index (χ1) is 10.2. The molecule has 6 heteroatoms. The molecule has 1 aliphatic heterocycles. The molecule has 21 heavy (non-hydrogen) atoms. The molecule has 0 saturated carbocycles. The fourth-order valence-corrected chi connectivity index (χ4v) is 2.18. The number of aryl methyl sites for hydroxylation is 1. The lowest BCUT2D eigenvalue weighted by molar-refractivity contribution is 0.0929. The molecule has 0 fully saturated rings. The predicted octanol–water partition coefficient (Wildman–Crippen LogP) is 1.52. The van der Waals surface area contributed by atoms with Gasteiger partial charge in [-0.2, -0.15) is 5.26 Å². The summed E-state index contributed by atoms with van der Waals surface area (Å²) in [5.41, 5.74) is 2.41. The van der Waals surface area contributed by atoms with Crippen LogP contribution in [0.3, 0.4) is 0 Å². The van der Waals surface area contributed by atoms with E-state index in [1.54, 1.807) is 24.4 Å². The number of carbonyl (C=O) groups is 1. The molecular formula is C15H12N4O2. The second-order valence-electron chi connectivity index (χ2n) is 4.74. The number of nitriles is 1. The van der Waals surface area contributed by atoms with E-state index in [0.717, 1.165) is 5.69 Å². The van der Waals surface area contributed by atoms with Crippen LogP contribution in [0.25, 0.3) is 0 Å². The van der Waals surface area contributed by atoms with E-state index in [9.17, 15) is 4.79 Å². The largest absolute Gasteiger partial charge is 0.489 e. The Kier molecular flexibility index (Phi) is 3.24. The summed E-state index contributed by atoms with van der Waals surface area (Å²) in [6.07, 6.45) is 3.07. The maximum absolute atomic E-state index is 12.2. The van der Waals surface area contributed by atoms with Gasteiger partial charge in [-0.25, -0.2) is 0 Å². The molecule has 3 heterocycles. The monoisotopic (exact) mass is 280 g/mol. The molecule has 2 aromatic heterocycles. The van der Waals surface area contributed by atoms with E-state index in [1.165, 1.54) is 6.20 Å². The summed E-state index contributed by atoms with van der Waals surface area (Å²) in [5.74, 6) is 0.346. The summed E-state index contributed by atoms with van der Waals surface area (Å²) in [6.45, 7) is 2.14. The van der Waals surface area contributed by atoms with Crippen molar-refractivity contribution in [3.8, 4) is 11.8 Å². The number of nitrogens with one attached hydrogen (secondary N) is 1. The molecule has 1 unspecified atom stereocenters. The fraction of sp³-hybridized carbons (Fsp3) is 0.200. The van der Waals surface area contributed by atoms with Crippen LogP contribution in [-0.4, -0.2) is 22.5 Å². The van der Waals surface area contributed by atoms with Gasteiger partial charge in [-0.1, -0.05) is 0 Å². The number of ether oxygens (including phenoxy) is 1. The first-order valence-corrected chi connectivity index (χ1v) is 6.44. The van der Waals surface area contributed by atoms with Crippen LogP contribution in [0.2, 0.25) is 0 Å². The minimum Gasteiger partial charge on any atom is -0.489 e. The number of aromatic nitrogens is 2. The molecular weight excluding hydrogens is 268 g/mol. The summed E-state index contributed by atoms with van der Waals surface area (Å²) >= 11 is 0. The second-order valence-corrected chi connectivity index (χ2v) is 4.74. The average molecular weight is 280 g/mol. The van der Waals surface area contributed by atoms with Gasteiger partial charge in [0, 0.05) is 29.7 Å². The summed E-state index contributed by atoms with van der Waals surface area (Å²) in [4.78, 5) is 20.5. The Hall–Kier alpha value is -2.94. The van der Waals surface area contributed by atoms with Crippen molar-refractivity contribution in [3.05, 3.63) is 53.1 Å². The third-order valence-electron chi connectivity index (χ3n) is 3.21. The van der Waals surface area contributed by atoms with E-state index in [1.807, 2.05) is 13.0 Å². The SMILES string of the molecule is Cc1cc(C(=O)NC2COc3cc(C#N)cnc32)ccn1.